The molecule has 1 amide bonds. The number of nitrogens with zero attached hydrogens (tertiary/aromatic N) is 1. The lowest BCUT2D eigenvalue weighted by Gasteiger charge is -2.17. The molecule has 17 heavy (non-hydrogen) atoms. The number of rotatable bonds is 3. The quantitative estimate of drug-likeness (QED) is 0.784. The summed E-state index contributed by atoms with van der Waals surface area (Å²) in [6.07, 6.45) is 0. The molecule has 0 atom stereocenters. The molecule has 0 aliphatic heterocycles. The van der Waals surface area contributed by atoms with Gasteiger partial charge in [-0.2, -0.15) is 0 Å². The van der Waals surface area contributed by atoms with Gasteiger partial charge in [-0.1, -0.05) is 28.1 Å². The Bertz CT molecular complexity index is 451. The number of carbonyl (C=O) groups excluding carboxylic acids is 1. The van der Waals surface area contributed by atoms with Gasteiger partial charge in [-0.3, -0.25) is 4.79 Å². The molecule has 92 valence electrons. The molecule has 0 aromatic heterocycles. The Hall–Kier alpha value is -1.23. The van der Waals surface area contributed by atoms with Gasteiger partial charge >= 0.3 is 0 Å². The highest BCUT2D eigenvalue weighted by Crippen LogP contribution is 2.20. The van der Waals surface area contributed by atoms with Crippen LogP contribution in [0, 0.1) is 11.6 Å². The molecule has 0 fully saturated rings. The van der Waals surface area contributed by atoms with Gasteiger partial charge in [0.05, 0.1) is 0 Å². The molecule has 0 N–H and O–H groups in total. The molecule has 2 nitrogen and oxygen atoms in total. The van der Waals surface area contributed by atoms with Gasteiger partial charge in [0.25, 0.3) is 5.91 Å². The third kappa shape index (κ3) is 3.36. The summed E-state index contributed by atoms with van der Waals surface area (Å²) in [5.74, 6) is -2.46. The first-order valence-electron chi connectivity index (χ1n) is 4.87. The maximum absolute atomic E-state index is 13.5. The lowest BCUT2D eigenvalue weighted by Crippen LogP contribution is -2.29. The SMILES string of the molecule is C=C(C)CN(C)C(=O)c1c(F)cc(Br)cc1F. The van der Waals surface area contributed by atoms with E-state index in [1.54, 1.807) is 6.92 Å². The summed E-state index contributed by atoms with van der Waals surface area (Å²) < 4.78 is 27.3. The van der Waals surface area contributed by atoms with Crippen molar-refractivity contribution in [3.05, 3.63) is 46.0 Å². The van der Waals surface area contributed by atoms with Gasteiger partial charge in [-0.05, 0) is 19.1 Å². The third-order valence-corrected chi connectivity index (χ3v) is 2.53. The average Bonchev–Trinajstić information content (AvgIpc) is 2.14. The van der Waals surface area contributed by atoms with Crippen LogP contribution in [-0.2, 0) is 0 Å². The van der Waals surface area contributed by atoms with Crippen molar-refractivity contribution in [3.63, 3.8) is 0 Å². The highest BCUT2D eigenvalue weighted by molar-refractivity contribution is 9.10. The molecule has 0 aliphatic rings. The van der Waals surface area contributed by atoms with Crippen molar-refractivity contribution in [2.75, 3.05) is 13.6 Å². The molecule has 0 heterocycles. The summed E-state index contributed by atoms with van der Waals surface area (Å²) in [6, 6.07) is 2.12. The molecule has 1 aromatic carbocycles. The van der Waals surface area contributed by atoms with Crippen LogP contribution < -0.4 is 0 Å². The second-order valence-electron chi connectivity index (χ2n) is 3.86. The molecule has 0 bridgehead atoms. The monoisotopic (exact) mass is 303 g/mol. The lowest BCUT2D eigenvalue weighted by atomic mass is 10.1. The van der Waals surface area contributed by atoms with Crippen LogP contribution in [-0.4, -0.2) is 24.4 Å². The van der Waals surface area contributed by atoms with Crippen LogP contribution in [0.1, 0.15) is 17.3 Å². The van der Waals surface area contributed by atoms with Crippen molar-refractivity contribution >= 4 is 21.8 Å². The van der Waals surface area contributed by atoms with Crippen molar-refractivity contribution < 1.29 is 13.6 Å². The highest BCUT2D eigenvalue weighted by atomic mass is 79.9. The Morgan fingerprint density at radius 1 is 1.41 bits per heavy atom. The number of amides is 1. The summed E-state index contributed by atoms with van der Waals surface area (Å²) in [4.78, 5) is 13.0. The molecule has 1 aromatic rings. The molecular weight excluding hydrogens is 292 g/mol. The smallest absolute Gasteiger partial charge is 0.259 e. The summed E-state index contributed by atoms with van der Waals surface area (Å²) in [5, 5.41) is 0. The van der Waals surface area contributed by atoms with Crippen molar-refractivity contribution in [1.29, 1.82) is 0 Å². The van der Waals surface area contributed by atoms with E-state index in [-0.39, 0.29) is 11.0 Å². The van der Waals surface area contributed by atoms with Crippen LogP contribution >= 0.6 is 15.9 Å². The molecule has 5 heteroatoms. The molecule has 0 aliphatic carbocycles. The average molecular weight is 304 g/mol. The van der Waals surface area contributed by atoms with Gasteiger partial charge in [-0.15, -0.1) is 0 Å². The van der Waals surface area contributed by atoms with Crippen LogP contribution in [0.3, 0.4) is 0 Å². The van der Waals surface area contributed by atoms with E-state index in [9.17, 15) is 13.6 Å². The number of benzene rings is 1. The highest BCUT2D eigenvalue weighted by Gasteiger charge is 2.21. The van der Waals surface area contributed by atoms with E-state index in [4.69, 9.17) is 0 Å². The topological polar surface area (TPSA) is 20.3 Å². The Labute approximate surface area is 107 Å². The van der Waals surface area contributed by atoms with Crippen LogP contribution in [0.15, 0.2) is 28.8 Å². The second kappa shape index (κ2) is 5.40. The predicted molar refractivity (Wildman–Crippen MR) is 65.8 cm³/mol. The normalized spacial score (nSPS) is 10.2. The summed E-state index contributed by atoms with van der Waals surface area (Å²) in [7, 11) is 1.47. The molecule has 0 unspecified atom stereocenters. The van der Waals surface area contributed by atoms with Gasteiger partial charge in [0.2, 0.25) is 0 Å². The largest absolute Gasteiger partial charge is 0.338 e. The third-order valence-electron chi connectivity index (χ3n) is 2.07. The zero-order valence-corrected chi connectivity index (χ0v) is 11.1. The first-order valence-corrected chi connectivity index (χ1v) is 5.66. The second-order valence-corrected chi connectivity index (χ2v) is 4.78. The van der Waals surface area contributed by atoms with E-state index in [1.807, 2.05) is 0 Å². The van der Waals surface area contributed by atoms with E-state index in [1.165, 1.54) is 11.9 Å². The predicted octanol–water partition coefficient (Wildman–Crippen LogP) is 3.38. The fourth-order valence-electron chi connectivity index (χ4n) is 1.41. The number of hydrogen-bond donors (Lipinski definition) is 0. The minimum Gasteiger partial charge on any atom is -0.338 e. The van der Waals surface area contributed by atoms with E-state index < -0.39 is 23.1 Å². The molecule has 1 rings (SSSR count). The van der Waals surface area contributed by atoms with Crippen molar-refractivity contribution in [3.8, 4) is 0 Å². The Balaban J connectivity index is 3.08. The maximum atomic E-state index is 13.5. The van der Waals surface area contributed by atoms with E-state index in [0.29, 0.717) is 0 Å². The first kappa shape index (κ1) is 13.8. The molecule has 0 spiro atoms. The van der Waals surface area contributed by atoms with Gasteiger partial charge < -0.3 is 4.90 Å². The van der Waals surface area contributed by atoms with E-state index >= 15 is 0 Å². The summed E-state index contributed by atoms with van der Waals surface area (Å²) >= 11 is 2.95. The van der Waals surface area contributed by atoms with Gasteiger partial charge in [0.15, 0.2) is 0 Å². The summed E-state index contributed by atoms with van der Waals surface area (Å²) in [6.45, 7) is 5.63. The number of likely N-dealkylation sites (N-methyl/N-ethyl adjacent to an activating group) is 1. The fraction of sp³-hybridized carbons (Fsp3) is 0.250. The molecule has 0 radical (unpaired) electrons. The van der Waals surface area contributed by atoms with Crippen molar-refractivity contribution in [2.45, 2.75) is 6.92 Å². The van der Waals surface area contributed by atoms with E-state index in [2.05, 4.69) is 22.5 Å². The van der Waals surface area contributed by atoms with Crippen LogP contribution in [0.25, 0.3) is 0 Å². The van der Waals surface area contributed by atoms with Gasteiger partial charge in [0.1, 0.15) is 17.2 Å². The number of carbonyl (C=O) groups is 1. The Kier molecular flexibility index (Phi) is 4.40. The van der Waals surface area contributed by atoms with Gasteiger partial charge in [-0.25, -0.2) is 8.78 Å². The Morgan fingerprint density at radius 2 is 1.88 bits per heavy atom. The number of hydrogen-bond acceptors (Lipinski definition) is 1. The van der Waals surface area contributed by atoms with Crippen molar-refractivity contribution in [1.82, 2.24) is 4.90 Å². The van der Waals surface area contributed by atoms with Gasteiger partial charge in [0, 0.05) is 18.1 Å². The molecule has 0 saturated heterocycles. The van der Waals surface area contributed by atoms with Crippen LogP contribution in [0.5, 0.6) is 0 Å². The lowest BCUT2D eigenvalue weighted by molar-refractivity contribution is 0.0797. The Morgan fingerprint density at radius 3 is 2.29 bits per heavy atom. The van der Waals surface area contributed by atoms with Crippen LogP contribution in [0.2, 0.25) is 0 Å². The standard InChI is InChI=1S/C12H12BrF2NO/c1-7(2)6-16(3)12(17)11-9(14)4-8(13)5-10(11)15/h4-5H,1,6H2,2-3H3. The molecule has 0 saturated carbocycles. The zero-order valence-electron chi connectivity index (χ0n) is 9.56. The number of halogens is 3. The van der Waals surface area contributed by atoms with Crippen LogP contribution in [0.4, 0.5) is 8.78 Å². The molecular formula is C12H12BrF2NO. The zero-order chi connectivity index (χ0) is 13.2. The summed E-state index contributed by atoms with van der Waals surface area (Å²) in [5.41, 5.74) is 0.190. The fourth-order valence-corrected chi connectivity index (χ4v) is 1.82. The van der Waals surface area contributed by atoms with Crippen molar-refractivity contribution in [2.24, 2.45) is 0 Å². The minimum atomic E-state index is -0.879. The maximum Gasteiger partial charge on any atom is 0.259 e. The minimum absolute atomic E-state index is 0.256. The first-order chi connectivity index (χ1) is 7.82. The van der Waals surface area contributed by atoms with E-state index in [0.717, 1.165) is 17.7 Å².